The van der Waals surface area contributed by atoms with Gasteiger partial charge in [-0.25, -0.2) is 0 Å². The minimum absolute atomic E-state index is 0.365. The quantitative estimate of drug-likeness (QED) is 0.534. The van der Waals surface area contributed by atoms with Gasteiger partial charge in [-0.15, -0.1) is 11.8 Å². The largest absolute Gasteiger partial charge is 0.127 e. The van der Waals surface area contributed by atoms with Gasteiger partial charge in [0.1, 0.15) is 0 Å². The summed E-state index contributed by atoms with van der Waals surface area (Å²) in [6.07, 6.45) is 2.43. The van der Waals surface area contributed by atoms with Crippen molar-refractivity contribution >= 4 is 11.8 Å². The fourth-order valence-corrected chi connectivity index (χ4v) is 2.49. The van der Waals surface area contributed by atoms with Crippen LogP contribution in [0.15, 0.2) is 11.0 Å². The molecule has 1 aliphatic rings. The van der Waals surface area contributed by atoms with Crippen molar-refractivity contribution in [2.75, 3.05) is 0 Å². The van der Waals surface area contributed by atoms with Crippen LogP contribution in [-0.4, -0.2) is 5.25 Å². The molecule has 0 spiro atoms. The van der Waals surface area contributed by atoms with Crippen molar-refractivity contribution in [1.29, 1.82) is 0 Å². The highest BCUT2D eigenvalue weighted by molar-refractivity contribution is 8.03. The fraction of sp³-hybridized carbons (Fsp3) is 0.800. The lowest BCUT2D eigenvalue weighted by Gasteiger charge is -2.19. The highest BCUT2D eigenvalue weighted by Gasteiger charge is 2.27. The Morgan fingerprint density at radius 1 is 1.27 bits per heavy atom. The molecule has 2 atom stereocenters. The first-order valence-corrected chi connectivity index (χ1v) is 5.18. The Hall–Kier alpha value is 0.0900. The SMILES string of the molecule is CC1C=C(C(C)(C)C)SC1C. The zero-order valence-corrected chi connectivity index (χ0v) is 8.96. The third kappa shape index (κ3) is 2.02. The summed E-state index contributed by atoms with van der Waals surface area (Å²) in [6, 6.07) is 0. The van der Waals surface area contributed by atoms with Gasteiger partial charge in [-0.05, 0) is 16.2 Å². The van der Waals surface area contributed by atoms with E-state index in [-0.39, 0.29) is 0 Å². The van der Waals surface area contributed by atoms with E-state index in [2.05, 4.69) is 40.7 Å². The monoisotopic (exact) mass is 170 g/mol. The molecule has 0 radical (unpaired) electrons. The molecule has 11 heavy (non-hydrogen) atoms. The number of thioether (sulfide) groups is 1. The summed E-state index contributed by atoms with van der Waals surface area (Å²) in [4.78, 5) is 1.57. The van der Waals surface area contributed by atoms with E-state index in [4.69, 9.17) is 0 Å². The second-order valence-corrected chi connectivity index (χ2v) is 5.88. The second-order valence-electron chi connectivity index (χ2n) is 4.46. The molecule has 0 aromatic rings. The first kappa shape index (κ1) is 9.18. The Morgan fingerprint density at radius 2 is 1.82 bits per heavy atom. The van der Waals surface area contributed by atoms with Crippen molar-refractivity contribution in [1.82, 2.24) is 0 Å². The maximum atomic E-state index is 2.43. The van der Waals surface area contributed by atoms with E-state index < -0.39 is 0 Å². The molecule has 0 amide bonds. The van der Waals surface area contributed by atoms with Crippen LogP contribution in [0.2, 0.25) is 0 Å². The minimum atomic E-state index is 0.365. The molecule has 1 heterocycles. The lowest BCUT2D eigenvalue weighted by Crippen LogP contribution is -2.05. The standard InChI is InChI=1S/C10H18S/c1-7-6-9(10(3,4)5)11-8(7)2/h6-8H,1-5H3. The highest BCUT2D eigenvalue weighted by atomic mass is 32.2. The molecule has 0 fully saturated rings. The van der Waals surface area contributed by atoms with Gasteiger partial charge in [0, 0.05) is 5.25 Å². The van der Waals surface area contributed by atoms with Gasteiger partial charge < -0.3 is 0 Å². The number of rotatable bonds is 0. The first-order valence-electron chi connectivity index (χ1n) is 4.30. The minimum Gasteiger partial charge on any atom is -0.127 e. The topological polar surface area (TPSA) is 0 Å². The normalized spacial score (nSPS) is 32.3. The number of hydrogen-bond donors (Lipinski definition) is 0. The van der Waals surface area contributed by atoms with Crippen LogP contribution in [0, 0.1) is 11.3 Å². The molecule has 0 saturated heterocycles. The smallest absolute Gasteiger partial charge is 0.0123 e. The van der Waals surface area contributed by atoms with Crippen LogP contribution in [0.1, 0.15) is 34.6 Å². The molecule has 1 rings (SSSR count). The van der Waals surface area contributed by atoms with Crippen molar-refractivity contribution in [2.24, 2.45) is 11.3 Å². The zero-order chi connectivity index (χ0) is 8.65. The van der Waals surface area contributed by atoms with Crippen molar-refractivity contribution in [2.45, 2.75) is 39.9 Å². The van der Waals surface area contributed by atoms with Gasteiger partial charge in [-0.1, -0.05) is 40.7 Å². The van der Waals surface area contributed by atoms with E-state index in [0.29, 0.717) is 5.41 Å². The Kier molecular flexibility index (Phi) is 2.38. The van der Waals surface area contributed by atoms with Gasteiger partial charge in [0.2, 0.25) is 0 Å². The van der Waals surface area contributed by atoms with Gasteiger partial charge in [-0.3, -0.25) is 0 Å². The predicted octanol–water partition coefficient (Wildman–Crippen LogP) is 3.69. The predicted molar refractivity (Wildman–Crippen MR) is 53.8 cm³/mol. The summed E-state index contributed by atoms with van der Waals surface area (Å²) in [6.45, 7) is 11.5. The third-order valence-electron chi connectivity index (χ3n) is 2.21. The molecule has 0 bridgehead atoms. The third-order valence-corrected chi connectivity index (χ3v) is 4.01. The summed E-state index contributed by atoms with van der Waals surface area (Å²) in [5.74, 6) is 0.759. The van der Waals surface area contributed by atoms with Crippen LogP contribution in [0.25, 0.3) is 0 Å². The summed E-state index contributed by atoms with van der Waals surface area (Å²) in [5.41, 5.74) is 0.365. The molecule has 2 unspecified atom stereocenters. The van der Waals surface area contributed by atoms with Gasteiger partial charge in [0.05, 0.1) is 0 Å². The van der Waals surface area contributed by atoms with Crippen LogP contribution < -0.4 is 0 Å². The number of hydrogen-bond acceptors (Lipinski definition) is 1. The van der Waals surface area contributed by atoms with E-state index in [0.717, 1.165) is 11.2 Å². The van der Waals surface area contributed by atoms with Gasteiger partial charge >= 0.3 is 0 Å². The molecule has 0 aromatic carbocycles. The molecule has 0 N–H and O–H groups in total. The second kappa shape index (κ2) is 2.85. The lowest BCUT2D eigenvalue weighted by molar-refractivity contribution is 0.531. The highest BCUT2D eigenvalue weighted by Crippen LogP contribution is 2.45. The summed E-state index contributed by atoms with van der Waals surface area (Å²) >= 11 is 2.04. The van der Waals surface area contributed by atoms with Crippen LogP contribution in [0.4, 0.5) is 0 Å². The Balaban J connectivity index is 2.71. The molecular weight excluding hydrogens is 152 g/mol. The Bertz CT molecular complexity index is 174. The van der Waals surface area contributed by atoms with Crippen LogP contribution in [0.3, 0.4) is 0 Å². The molecule has 0 nitrogen and oxygen atoms in total. The molecule has 0 saturated carbocycles. The Labute approximate surface area is 74.5 Å². The van der Waals surface area contributed by atoms with Crippen molar-refractivity contribution in [3.05, 3.63) is 11.0 Å². The van der Waals surface area contributed by atoms with E-state index >= 15 is 0 Å². The molecule has 1 aliphatic heterocycles. The van der Waals surface area contributed by atoms with Gasteiger partial charge in [-0.2, -0.15) is 0 Å². The maximum Gasteiger partial charge on any atom is 0.0123 e. The van der Waals surface area contributed by atoms with Crippen molar-refractivity contribution in [3.63, 3.8) is 0 Å². The average molecular weight is 170 g/mol. The van der Waals surface area contributed by atoms with Crippen LogP contribution in [0.5, 0.6) is 0 Å². The Morgan fingerprint density at radius 3 is 2.00 bits per heavy atom. The average Bonchev–Trinajstić information content (AvgIpc) is 2.11. The summed E-state index contributed by atoms with van der Waals surface area (Å²) in [7, 11) is 0. The van der Waals surface area contributed by atoms with Gasteiger partial charge in [0.25, 0.3) is 0 Å². The zero-order valence-electron chi connectivity index (χ0n) is 8.14. The van der Waals surface area contributed by atoms with Crippen molar-refractivity contribution < 1.29 is 0 Å². The molecular formula is C10H18S. The van der Waals surface area contributed by atoms with Crippen molar-refractivity contribution in [3.8, 4) is 0 Å². The number of allylic oxidation sites excluding steroid dienone is 2. The molecule has 64 valence electrons. The van der Waals surface area contributed by atoms with Crippen LogP contribution in [-0.2, 0) is 0 Å². The van der Waals surface area contributed by atoms with E-state index in [1.807, 2.05) is 11.8 Å². The van der Waals surface area contributed by atoms with E-state index in [1.165, 1.54) is 0 Å². The fourth-order valence-electron chi connectivity index (χ4n) is 1.15. The van der Waals surface area contributed by atoms with E-state index in [1.54, 1.807) is 4.91 Å². The molecule has 1 heteroatoms. The first-order chi connectivity index (χ1) is 4.91. The summed E-state index contributed by atoms with van der Waals surface area (Å²) in [5, 5.41) is 0.782. The lowest BCUT2D eigenvalue weighted by atomic mass is 9.94. The maximum absolute atomic E-state index is 2.43. The van der Waals surface area contributed by atoms with Crippen LogP contribution >= 0.6 is 11.8 Å². The molecule has 0 aromatic heterocycles. The van der Waals surface area contributed by atoms with E-state index in [9.17, 15) is 0 Å². The molecule has 0 aliphatic carbocycles. The van der Waals surface area contributed by atoms with Gasteiger partial charge in [0.15, 0.2) is 0 Å². The summed E-state index contributed by atoms with van der Waals surface area (Å²) < 4.78 is 0.